The van der Waals surface area contributed by atoms with E-state index in [1.165, 1.54) is 23.1 Å². The minimum atomic E-state index is -0.328. The summed E-state index contributed by atoms with van der Waals surface area (Å²) in [7, 11) is 1.57. The van der Waals surface area contributed by atoms with Crippen LogP contribution in [-0.4, -0.2) is 28.5 Å². The molecule has 0 aliphatic heterocycles. The van der Waals surface area contributed by atoms with E-state index in [0.29, 0.717) is 23.1 Å². The molecule has 2 N–H and O–H groups in total. The van der Waals surface area contributed by atoms with Gasteiger partial charge in [0.05, 0.1) is 30.9 Å². The molecule has 0 aliphatic rings. The molecule has 0 saturated carbocycles. The van der Waals surface area contributed by atoms with Crippen LogP contribution in [0.1, 0.15) is 12.7 Å². The fourth-order valence-electron chi connectivity index (χ4n) is 2.09. The minimum absolute atomic E-state index is 0.125. The first-order valence-corrected chi connectivity index (χ1v) is 9.55. The van der Waals surface area contributed by atoms with E-state index in [-0.39, 0.29) is 11.2 Å². The fraction of sp³-hybridized carbons (Fsp3) is 0.235. The summed E-state index contributed by atoms with van der Waals surface area (Å²) in [5.41, 5.74) is 0.644. The second-order valence-electron chi connectivity index (χ2n) is 5.26. The summed E-state index contributed by atoms with van der Waals surface area (Å²) in [6.45, 7) is 2.36. The summed E-state index contributed by atoms with van der Waals surface area (Å²) in [5.74, 6) is 1.32. The molecule has 0 spiro atoms. The third-order valence-electron chi connectivity index (χ3n) is 3.41. The summed E-state index contributed by atoms with van der Waals surface area (Å²) in [5, 5.41) is 14.6. The third kappa shape index (κ3) is 4.77. The van der Waals surface area contributed by atoms with Gasteiger partial charge in [-0.15, -0.1) is 10.2 Å². The average molecular weight is 390 g/mol. The van der Waals surface area contributed by atoms with Gasteiger partial charge in [-0.25, -0.2) is 0 Å². The van der Waals surface area contributed by atoms with Gasteiger partial charge in [0, 0.05) is 0 Å². The van der Waals surface area contributed by atoms with E-state index in [0.717, 1.165) is 10.1 Å². The molecule has 2 heterocycles. The Bertz CT molecular complexity index is 851. The first kappa shape index (κ1) is 18.3. The Kier molecular flexibility index (Phi) is 6.13. The van der Waals surface area contributed by atoms with Crippen LogP contribution < -0.4 is 15.4 Å². The number of anilines is 2. The van der Waals surface area contributed by atoms with Crippen LogP contribution in [0.25, 0.3) is 0 Å². The zero-order chi connectivity index (χ0) is 18.4. The molecule has 0 radical (unpaired) electrons. The predicted octanol–water partition coefficient (Wildman–Crippen LogP) is 3.87. The molecule has 1 amide bonds. The largest absolute Gasteiger partial charge is 0.495 e. The molecule has 0 bridgehead atoms. The number of hydrogen-bond acceptors (Lipinski definition) is 8. The number of ether oxygens (including phenoxy) is 1. The van der Waals surface area contributed by atoms with Gasteiger partial charge in [-0.05, 0) is 31.2 Å². The van der Waals surface area contributed by atoms with Gasteiger partial charge >= 0.3 is 0 Å². The number of nitrogens with zero attached hydrogens (tertiary/aromatic N) is 2. The molecule has 3 rings (SSSR count). The number of carbonyl (C=O) groups is 1. The zero-order valence-electron chi connectivity index (χ0n) is 14.3. The highest BCUT2D eigenvalue weighted by molar-refractivity contribution is 8.02. The summed E-state index contributed by atoms with van der Waals surface area (Å²) < 4.78 is 11.2. The number of aromatic nitrogens is 2. The van der Waals surface area contributed by atoms with Crippen molar-refractivity contribution in [1.29, 1.82) is 0 Å². The lowest BCUT2D eigenvalue weighted by Crippen LogP contribution is -2.22. The van der Waals surface area contributed by atoms with E-state index in [1.807, 2.05) is 31.2 Å². The number of rotatable bonds is 8. The minimum Gasteiger partial charge on any atom is -0.495 e. The first-order chi connectivity index (χ1) is 12.7. The monoisotopic (exact) mass is 390 g/mol. The number of carbonyl (C=O) groups excluding carboxylic acids is 1. The van der Waals surface area contributed by atoms with Gasteiger partial charge in [0.15, 0.2) is 4.34 Å². The standard InChI is InChI=1S/C17H18N4O3S2/c1-11(15(22)19-13-7-3-4-8-14(13)23-2)25-17-21-20-16(26-17)18-10-12-6-5-9-24-12/h3-9,11H,10H2,1-2H3,(H,18,20)(H,19,22). The van der Waals surface area contributed by atoms with E-state index in [1.54, 1.807) is 25.5 Å². The molecule has 0 fully saturated rings. The summed E-state index contributed by atoms with van der Waals surface area (Å²) in [6, 6.07) is 11.0. The van der Waals surface area contributed by atoms with Gasteiger partial charge in [0.25, 0.3) is 0 Å². The Morgan fingerprint density at radius 1 is 1.31 bits per heavy atom. The topological polar surface area (TPSA) is 89.3 Å². The molecular weight excluding hydrogens is 372 g/mol. The average Bonchev–Trinajstić information content (AvgIpc) is 3.32. The van der Waals surface area contributed by atoms with Crippen molar-refractivity contribution in [3.8, 4) is 5.75 Å². The number of amides is 1. The summed E-state index contributed by atoms with van der Waals surface area (Å²) in [6.07, 6.45) is 1.63. The van der Waals surface area contributed by atoms with Crippen molar-refractivity contribution in [3.63, 3.8) is 0 Å². The van der Waals surface area contributed by atoms with Gasteiger partial charge < -0.3 is 19.8 Å². The van der Waals surface area contributed by atoms with Gasteiger partial charge in [-0.1, -0.05) is 35.2 Å². The number of thioether (sulfide) groups is 1. The first-order valence-electron chi connectivity index (χ1n) is 7.86. The van der Waals surface area contributed by atoms with Crippen molar-refractivity contribution in [2.24, 2.45) is 0 Å². The quantitative estimate of drug-likeness (QED) is 0.564. The van der Waals surface area contributed by atoms with Crippen molar-refractivity contribution < 1.29 is 13.9 Å². The molecule has 7 nitrogen and oxygen atoms in total. The molecule has 0 aliphatic carbocycles. The third-order valence-corrected chi connectivity index (χ3v) is 5.48. The van der Waals surface area contributed by atoms with Crippen LogP contribution in [0, 0.1) is 0 Å². The molecule has 0 saturated heterocycles. The van der Waals surface area contributed by atoms with E-state index >= 15 is 0 Å². The number of nitrogens with one attached hydrogen (secondary N) is 2. The molecule has 9 heteroatoms. The molecular formula is C17H18N4O3S2. The molecule has 136 valence electrons. The highest BCUT2D eigenvalue weighted by Gasteiger charge is 2.18. The SMILES string of the molecule is COc1ccccc1NC(=O)C(C)Sc1nnc(NCc2ccco2)s1. The maximum Gasteiger partial charge on any atom is 0.237 e. The highest BCUT2D eigenvalue weighted by Crippen LogP contribution is 2.30. The molecule has 26 heavy (non-hydrogen) atoms. The molecule has 1 aromatic carbocycles. The van der Waals surface area contributed by atoms with Crippen molar-refractivity contribution >= 4 is 39.8 Å². The normalized spacial score (nSPS) is 11.8. The Balaban J connectivity index is 1.54. The van der Waals surface area contributed by atoms with Crippen molar-refractivity contribution in [1.82, 2.24) is 10.2 Å². The number of methoxy groups -OCH3 is 1. The van der Waals surface area contributed by atoms with Crippen LogP contribution >= 0.6 is 23.1 Å². The van der Waals surface area contributed by atoms with E-state index in [9.17, 15) is 4.79 Å². The second-order valence-corrected chi connectivity index (χ2v) is 7.82. The Morgan fingerprint density at radius 2 is 2.15 bits per heavy atom. The number of furan rings is 1. The lowest BCUT2D eigenvalue weighted by atomic mass is 10.3. The Labute approximate surface area is 159 Å². The van der Waals surface area contributed by atoms with E-state index < -0.39 is 0 Å². The summed E-state index contributed by atoms with van der Waals surface area (Å²) in [4.78, 5) is 12.4. The van der Waals surface area contributed by atoms with Crippen LogP contribution in [0.15, 0.2) is 51.4 Å². The maximum atomic E-state index is 12.4. The lowest BCUT2D eigenvalue weighted by Gasteiger charge is -2.12. The smallest absolute Gasteiger partial charge is 0.237 e. The van der Waals surface area contributed by atoms with E-state index in [2.05, 4.69) is 20.8 Å². The van der Waals surface area contributed by atoms with Crippen molar-refractivity contribution in [2.45, 2.75) is 23.1 Å². The van der Waals surface area contributed by atoms with E-state index in [4.69, 9.17) is 9.15 Å². The number of hydrogen-bond donors (Lipinski definition) is 2. The molecule has 3 aromatic rings. The predicted molar refractivity (Wildman–Crippen MR) is 103 cm³/mol. The van der Waals surface area contributed by atoms with Gasteiger partial charge in [-0.3, -0.25) is 4.79 Å². The van der Waals surface area contributed by atoms with Gasteiger partial charge in [0.1, 0.15) is 11.5 Å². The van der Waals surface area contributed by atoms with Crippen molar-refractivity contribution in [3.05, 3.63) is 48.4 Å². The van der Waals surface area contributed by atoms with Crippen LogP contribution in [0.4, 0.5) is 10.8 Å². The highest BCUT2D eigenvalue weighted by atomic mass is 32.2. The summed E-state index contributed by atoms with van der Waals surface area (Å²) >= 11 is 2.75. The van der Waals surface area contributed by atoms with Gasteiger partial charge in [0.2, 0.25) is 11.0 Å². The zero-order valence-corrected chi connectivity index (χ0v) is 15.9. The van der Waals surface area contributed by atoms with Crippen LogP contribution in [0.5, 0.6) is 5.75 Å². The van der Waals surface area contributed by atoms with Crippen LogP contribution in [0.2, 0.25) is 0 Å². The fourth-order valence-corrected chi connectivity index (χ4v) is 3.98. The van der Waals surface area contributed by atoms with Gasteiger partial charge in [-0.2, -0.15) is 0 Å². The maximum absolute atomic E-state index is 12.4. The van der Waals surface area contributed by atoms with Crippen LogP contribution in [0.3, 0.4) is 0 Å². The van der Waals surface area contributed by atoms with Crippen LogP contribution in [-0.2, 0) is 11.3 Å². The molecule has 1 atom stereocenters. The van der Waals surface area contributed by atoms with Crippen molar-refractivity contribution in [2.75, 3.05) is 17.7 Å². The lowest BCUT2D eigenvalue weighted by molar-refractivity contribution is -0.115. The molecule has 2 aromatic heterocycles. The molecule has 1 unspecified atom stereocenters. The Morgan fingerprint density at radius 3 is 2.92 bits per heavy atom. The number of para-hydroxylation sites is 2. The Hall–Kier alpha value is -2.52. The number of benzene rings is 1. The second kappa shape index (κ2) is 8.72.